The van der Waals surface area contributed by atoms with E-state index >= 15 is 0 Å². The number of phenols is 1. The van der Waals surface area contributed by atoms with E-state index in [1.54, 1.807) is 6.92 Å². The van der Waals surface area contributed by atoms with Gasteiger partial charge in [-0.25, -0.2) is 16.8 Å². The molecular weight excluding hydrogens is 556 g/mol. The number of phenolic OH excluding ortho intramolecular Hbond substituents is 1. The molecule has 0 spiro atoms. The molecule has 0 unspecified atom stereocenters. The van der Waals surface area contributed by atoms with Crippen LogP contribution in [-0.2, 0) is 29.3 Å². The third-order valence-electron chi connectivity index (χ3n) is 4.53. The second-order valence-electron chi connectivity index (χ2n) is 6.86. The largest absolute Gasteiger partial charge is 1.00 e. The van der Waals surface area contributed by atoms with Crippen molar-refractivity contribution in [2.45, 2.75) is 28.0 Å². The zero-order chi connectivity index (χ0) is 25.1. The number of nitrogens with two attached hydrogens (primary N) is 1. The standard InChI is InChI=1S/C19H19N3O9S3.2Na/c1-2-7-33(25,26)14-5-3-12(4-6-14)21-22-19-17-11(9-16(18(19)20)34(27,28)29)8-13(10-15(17)23)32-31-30-24;;/h3-6,8-10,23-24H,2,7,20H2,1H3,(H,27,28,29);;/q;2*+1/p-2. The number of nitrogen functional groups attached to an aromatic ring is 1. The number of nitrogens with zero attached hydrogens (tertiary/aromatic N) is 2. The van der Waals surface area contributed by atoms with Crippen LogP contribution in [0.3, 0.4) is 0 Å². The van der Waals surface area contributed by atoms with Gasteiger partial charge < -0.3 is 20.7 Å². The molecule has 3 N–H and O–H groups in total. The van der Waals surface area contributed by atoms with Gasteiger partial charge >= 0.3 is 59.1 Å². The second kappa shape index (κ2) is 13.8. The van der Waals surface area contributed by atoms with E-state index < -0.39 is 36.3 Å². The molecule has 3 aromatic carbocycles. The number of benzene rings is 3. The average Bonchev–Trinajstić information content (AvgIpc) is 2.76. The molecule has 3 aromatic rings. The van der Waals surface area contributed by atoms with Crippen LogP contribution in [0.15, 0.2) is 67.4 Å². The monoisotopic (exact) mass is 573 g/mol. The first kappa shape index (κ1) is 33.2. The van der Waals surface area contributed by atoms with E-state index in [4.69, 9.17) is 5.73 Å². The normalized spacial score (nSPS) is 11.9. The Kier molecular flexibility index (Phi) is 12.8. The van der Waals surface area contributed by atoms with Crippen molar-refractivity contribution in [1.82, 2.24) is 0 Å². The minimum Gasteiger partial charge on any atom is -0.744 e. The number of sulfone groups is 1. The molecule has 17 heteroatoms. The summed E-state index contributed by atoms with van der Waals surface area (Å²) in [5, 5.41) is 31.7. The van der Waals surface area contributed by atoms with E-state index in [9.17, 15) is 31.8 Å². The van der Waals surface area contributed by atoms with E-state index in [2.05, 4.69) is 19.6 Å². The van der Waals surface area contributed by atoms with Crippen molar-refractivity contribution in [3.63, 3.8) is 0 Å². The zero-order valence-corrected chi connectivity index (χ0v) is 25.8. The van der Waals surface area contributed by atoms with Crippen molar-refractivity contribution in [1.29, 1.82) is 0 Å². The van der Waals surface area contributed by atoms with Gasteiger partial charge in [0.2, 0.25) is 0 Å². The molecule has 0 bridgehead atoms. The van der Waals surface area contributed by atoms with Gasteiger partial charge in [0, 0.05) is 4.90 Å². The number of hydrogen-bond donors (Lipinski definition) is 2. The number of rotatable bonds is 9. The van der Waals surface area contributed by atoms with Gasteiger partial charge in [0.1, 0.15) is 21.6 Å². The van der Waals surface area contributed by atoms with Gasteiger partial charge in [-0.15, -0.1) is 5.11 Å². The van der Waals surface area contributed by atoms with Gasteiger partial charge in [0.05, 0.1) is 44.3 Å². The number of azo groups is 1. The minimum atomic E-state index is -5.04. The second-order valence-corrected chi connectivity index (χ2v) is 11.1. The van der Waals surface area contributed by atoms with Gasteiger partial charge in [-0.1, -0.05) is 6.92 Å². The number of hydrogen-bond acceptors (Lipinski definition) is 13. The molecule has 0 saturated carbocycles. The summed E-state index contributed by atoms with van der Waals surface area (Å²) in [7, 11) is -8.47. The molecule has 0 saturated heterocycles. The first-order valence-electron chi connectivity index (χ1n) is 9.40. The van der Waals surface area contributed by atoms with Crippen LogP contribution in [0.1, 0.15) is 13.3 Å². The van der Waals surface area contributed by atoms with Crippen LogP contribution < -0.4 is 70.1 Å². The van der Waals surface area contributed by atoms with Crippen LogP contribution in [0.25, 0.3) is 10.8 Å². The van der Waals surface area contributed by atoms with Gasteiger partial charge in [-0.2, -0.15) is 9.45 Å². The maximum absolute atomic E-state index is 12.2. The summed E-state index contributed by atoms with van der Waals surface area (Å²) in [5.41, 5.74) is 5.25. The topological polar surface area (TPSA) is 204 Å². The Labute approximate surface area is 255 Å². The molecule has 0 radical (unpaired) electrons. The van der Waals surface area contributed by atoms with Crippen LogP contribution in [0, 0.1) is 0 Å². The van der Waals surface area contributed by atoms with Crippen LogP contribution >= 0.6 is 12.0 Å². The Morgan fingerprint density at radius 3 is 2.25 bits per heavy atom. The summed E-state index contributed by atoms with van der Waals surface area (Å²) < 4.78 is 63.7. The molecule has 0 aliphatic rings. The Hall–Kier alpha value is -0.790. The molecule has 0 heterocycles. The third-order valence-corrected chi connectivity index (χ3v) is 7.89. The van der Waals surface area contributed by atoms with Crippen molar-refractivity contribution < 1.29 is 100 Å². The van der Waals surface area contributed by atoms with E-state index in [0.717, 1.165) is 6.07 Å². The summed E-state index contributed by atoms with van der Waals surface area (Å²) in [5.74, 6) is -0.440. The van der Waals surface area contributed by atoms with Crippen molar-refractivity contribution >= 4 is 59.8 Å². The van der Waals surface area contributed by atoms with E-state index in [0.29, 0.717) is 18.5 Å². The Balaban J connectivity index is 0.00000324. The predicted octanol–water partition coefficient (Wildman–Crippen LogP) is -3.13. The summed E-state index contributed by atoms with van der Waals surface area (Å²) in [6.07, 6.45) is 0.453. The SMILES string of the molecule is CCCS(=O)(=O)c1ccc(N=Nc2c(N)c(S(=O)(=O)[O-])cc3cc(SOO[O-])cc(O)c23)cc1.[Na+].[Na+]. The fraction of sp³-hybridized carbons (Fsp3) is 0.158. The number of anilines is 1. The summed E-state index contributed by atoms with van der Waals surface area (Å²) in [4.78, 5) is -0.547. The van der Waals surface area contributed by atoms with Gasteiger partial charge in [-0.05, 0) is 54.3 Å². The maximum atomic E-state index is 12.2. The smallest absolute Gasteiger partial charge is 0.744 e. The van der Waals surface area contributed by atoms with E-state index in [1.165, 1.54) is 36.4 Å². The molecule has 0 amide bonds. The molecule has 0 atom stereocenters. The summed E-state index contributed by atoms with van der Waals surface area (Å²) >= 11 is 0.433. The first-order valence-corrected chi connectivity index (χ1v) is 13.2. The summed E-state index contributed by atoms with van der Waals surface area (Å²) in [6, 6.07) is 8.88. The molecule has 0 aliphatic heterocycles. The molecule has 0 aromatic heterocycles. The molecule has 182 valence electrons. The fourth-order valence-electron chi connectivity index (χ4n) is 3.09. The minimum absolute atomic E-state index is 0. The Bertz CT molecular complexity index is 1470. The van der Waals surface area contributed by atoms with Gasteiger partial charge in [0.25, 0.3) is 0 Å². The van der Waals surface area contributed by atoms with Crippen LogP contribution in [0.4, 0.5) is 17.1 Å². The van der Waals surface area contributed by atoms with Gasteiger partial charge in [-0.3, -0.25) is 5.04 Å². The maximum Gasteiger partial charge on any atom is 1.00 e. The molecule has 3 rings (SSSR count). The number of fused-ring (bicyclic) bond motifs is 1. The van der Waals surface area contributed by atoms with Crippen molar-refractivity contribution in [3.8, 4) is 5.75 Å². The average molecular weight is 574 g/mol. The molecule has 0 aliphatic carbocycles. The molecule has 0 fully saturated rings. The molecular formula is C19H17N3Na2O9S3. The molecule has 12 nitrogen and oxygen atoms in total. The van der Waals surface area contributed by atoms with Crippen LogP contribution in [-0.4, -0.2) is 32.2 Å². The third kappa shape index (κ3) is 7.86. The fourth-order valence-corrected chi connectivity index (χ4v) is 5.49. The predicted molar refractivity (Wildman–Crippen MR) is 119 cm³/mol. The van der Waals surface area contributed by atoms with Gasteiger partial charge in [0.15, 0.2) is 9.84 Å². The van der Waals surface area contributed by atoms with E-state index in [1.807, 2.05) is 0 Å². The zero-order valence-electron chi connectivity index (χ0n) is 19.4. The van der Waals surface area contributed by atoms with E-state index in [-0.39, 0.29) is 96.8 Å². The summed E-state index contributed by atoms with van der Waals surface area (Å²) in [6.45, 7) is 1.74. The van der Waals surface area contributed by atoms with Crippen LogP contribution in [0.5, 0.6) is 5.75 Å². The van der Waals surface area contributed by atoms with Crippen molar-refractivity contribution in [2.24, 2.45) is 10.2 Å². The van der Waals surface area contributed by atoms with Crippen LogP contribution in [0.2, 0.25) is 0 Å². The Morgan fingerprint density at radius 1 is 1.06 bits per heavy atom. The first-order chi connectivity index (χ1) is 16.0. The van der Waals surface area contributed by atoms with Crippen molar-refractivity contribution in [3.05, 3.63) is 42.5 Å². The quantitative estimate of drug-likeness (QED) is 0.0498. The molecule has 36 heavy (non-hydrogen) atoms. The number of aromatic hydroxyl groups is 1. The van der Waals surface area contributed by atoms with Crippen molar-refractivity contribution in [2.75, 3.05) is 11.5 Å². The Morgan fingerprint density at radius 2 is 1.69 bits per heavy atom.